The van der Waals surface area contributed by atoms with Crippen molar-refractivity contribution >= 4 is 18.0 Å². The lowest BCUT2D eigenvalue weighted by atomic mass is 9.98. The number of hydrogen-bond acceptors (Lipinski definition) is 4. The Hall–Kier alpha value is -3.35. The molecule has 0 aliphatic heterocycles. The van der Waals surface area contributed by atoms with E-state index in [4.69, 9.17) is 4.74 Å². The Labute approximate surface area is 186 Å². The second-order valence-electron chi connectivity index (χ2n) is 8.99. The van der Waals surface area contributed by atoms with E-state index in [1.165, 1.54) is 0 Å². The fourth-order valence-electron chi connectivity index (χ4n) is 5.10. The molecule has 3 aliphatic carbocycles. The summed E-state index contributed by atoms with van der Waals surface area (Å²) in [7, 11) is 0. The molecular formula is C25H26N2O5. The molecule has 3 aliphatic rings. The van der Waals surface area contributed by atoms with Gasteiger partial charge in [0, 0.05) is 12.0 Å². The number of aliphatic carboxylic acids is 1. The van der Waals surface area contributed by atoms with E-state index in [0.717, 1.165) is 28.7 Å². The van der Waals surface area contributed by atoms with Crippen LogP contribution in [0.5, 0.6) is 0 Å². The highest BCUT2D eigenvalue weighted by atomic mass is 16.5. The van der Waals surface area contributed by atoms with Crippen LogP contribution in [0.2, 0.25) is 0 Å². The molecule has 0 radical (unpaired) electrons. The molecule has 2 aromatic carbocycles. The number of alkyl carbamates (subject to hydrolysis) is 1. The van der Waals surface area contributed by atoms with Gasteiger partial charge in [-0.1, -0.05) is 55.0 Å². The number of carboxylic acids is 1. The molecular weight excluding hydrogens is 408 g/mol. The number of nitrogens with one attached hydrogen (secondary N) is 2. The Kier molecular flexibility index (Phi) is 5.12. The first-order valence-electron chi connectivity index (χ1n) is 11.2. The molecule has 0 spiro atoms. The molecule has 0 aromatic heterocycles. The Morgan fingerprint density at radius 1 is 0.969 bits per heavy atom. The first kappa shape index (κ1) is 20.5. The number of carbonyl (C=O) groups excluding carboxylic acids is 2. The summed E-state index contributed by atoms with van der Waals surface area (Å²) in [5.74, 6) is -1.82. The van der Waals surface area contributed by atoms with Crippen LogP contribution < -0.4 is 10.6 Å². The molecule has 7 heteroatoms. The average Bonchev–Trinajstić information content (AvgIpc) is 3.29. The molecule has 0 saturated heterocycles. The molecule has 0 unspecified atom stereocenters. The third-order valence-corrected chi connectivity index (χ3v) is 7.02. The summed E-state index contributed by atoms with van der Waals surface area (Å²) in [6.45, 7) is 0.182. The van der Waals surface area contributed by atoms with Gasteiger partial charge in [0.25, 0.3) is 0 Å². The maximum absolute atomic E-state index is 12.8. The van der Waals surface area contributed by atoms with Gasteiger partial charge in [0.2, 0.25) is 5.91 Å². The van der Waals surface area contributed by atoms with Crippen LogP contribution in [-0.4, -0.2) is 41.3 Å². The Morgan fingerprint density at radius 2 is 1.59 bits per heavy atom. The molecule has 166 valence electrons. The van der Waals surface area contributed by atoms with Gasteiger partial charge in [-0.25, -0.2) is 4.79 Å². The maximum atomic E-state index is 12.8. The lowest BCUT2D eigenvalue weighted by molar-refractivity contribution is -0.142. The van der Waals surface area contributed by atoms with Gasteiger partial charge in [0.15, 0.2) is 0 Å². The van der Waals surface area contributed by atoms with Crippen LogP contribution in [0.15, 0.2) is 48.5 Å². The van der Waals surface area contributed by atoms with Crippen molar-refractivity contribution in [1.29, 1.82) is 0 Å². The number of fused-ring (bicyclic) bond motifs is 3. The van der Waals surface area contributed by atoms with Crippen LogP contribution in [0.1, 0.15) is 49.1 Å². The van der Waals surface area contributed by atoms with E-state index in [1.807, 2.05) is 24.3 Å². The van der Waals surface area contributed by atoms with Crippen molar-refractivity contribution in [3.05, 3.63) is 59.7 Å². The zero-order chi connectivity index (χ0) is 22.3. The van der Waals surface area contributed by atoms with Crippen molar-refractivity contribution in [3.8, 4) is 11.1 Å². The van der Waals surface area contributed by atoms with Crippen molar-refractivity contribution < 1.29 is 24.2 Å². The highest BCUT2D eigenvalue weighted by Crippen LogP contribution is 2.44. The van der Waals surface area contributed by atoms with E-state index in [1.54, 1.807) is 0 Å². The second kappa shape index (κ2) is 7.97. The van der Waals surface area contributed by atoms with E-state index in [0.29, 0.717) is 25.7 Å². The summed E-state index contributed by atoms with van der Waals surface area (Å²) < 4.78 is 5.57. The largest absolute Gasteiger partial charge is 0.481 e. The van der Waals surface area contributed by atoms with E-state index in [2.05, 4.69) is 34.9 Å². The fourth-order valence-corrected chi connectivity index (χ4v) is 5.10. The van der Waals surface area contributed by atoms with Crippen molar-refractivity contribution in [2.75, 3.05) is 6.61 Å². The van der Waals surface area contributed by atoms with Crippen molar-refractivity contribution in [1.82, 2.24) is 10.6 Å². The zero-order valence-electron chi connectivity index (χ0n) is 17.7. The molecule has 2 amide bonds. The Morgan fingerprint density at radius 3 is 2.19 bits per heavy atom. The predicted octanol–water partition coefficient (Wildman–Crippen LogP) is 3.43. The molecule has 2 fully saturated rings. The van der Waals surface area contributed by atoms with E-state index in [9.17, 15) is 19.5 Å². The van der Waals surface area contributed by atoms with Crippen molar-refractivity contribution in [2.24, 2.45) is 5.92 Å². The second-order valence-corrected chi connectivity index (χ2v) is 8.99. The van der Waals surface area contributed by atoms with E-state index in [-0.39, 0.29) is 24.5 Å². The molecule has 2 aromatic rings. The highest BCUT2D eigenvalue weighted by Gasteiger charge is 2.53. The van der Waals surface area contributed by atoms with Crippen LogP contribution in [-0.2, 0) is 14.3 Å². The maximum Gasteiger partial charge on any atom is 0.408 e. The first-order chi connectivity index (χ1) is 15.5. The van der Waals surface area contributed by atoms with Gasteiger partial charge in [-0.05, 0) is 47.9 Å². The van der Waals surface area contributed by atoms with Crippen LogP contribution in [0.25, 0.3) is 11.1 Å². The van der Waals surface area contributed by atoms with Crippen molar-refractivity contribution in [2.45, 2.75) is 49.6 Å². The summed E-state index contributed by atoms with van der Waals surface area (Å²) >= 11 is 0. The van der Waals surface area contributed by atoms with Crippen LogP contribution in [0.3, 0.4) is 0 Å². The summed E-state index contributed by atoms with van der Waals surface area (Å²) in [6.07, 6.45) is 2.40. The Balaban J connectivity index is 1.21. The average molecular weight is 434 g/mol. The molecule has 2 saturated carbocycles. The monoisotopic (exact) mass is 434 g/mol. The number of carboxylic acid groups (broad SMARTS) is 1. The minimum absolute atomic E-state index is 0.0491. The number of ether oxygens (including phenoxy) is 1. The minimum Gasteiger partial charge on any atom is -0.481 e. The van der Waals surface area contributed by atoms with Gasteiger partial charge in [-0.15, -0.1) is 0 Å². The molecule has 5 rings (SSSR count). The van der Waals surface area contributed by atoms with E-state index >= 15 is 0 Å². The molecule has 0 bridgehead atoms. The zero-order valence-corrected chi connectivity index (χ0v) is 17.7. The molecule has 32 heavy (non-hydrogen) atoms. The lowest BCUT2D eigenvalue weighted by Gasteiger charge is -2.23. The number of carbonyl (C=O) groups is 3. The van der Waals surface area contributed by atoms with Gasteiger partial charge in [-0.3, -0.25) is 9.59 Å². The molecule has 3 N–H and O–H groups in total. The standard InChI is InChI=1S/C25H26N2O5/c28-22(29)19-10-5-11-21(19)26-23(30)25(12-13-25)27-24(31)32-14-20-17-8-3-1-6-15(17)16-7-2-4-9-18(16)20/h1-4,6-9,19-21H,5,10-14H2,(H,26,30)(H,27,31)(H,28,29)/t19-,21+/m0/s1. The fraction of sp³-hybridized carbons (Fsp3) is 0.400. The van der Waals surface area contributed by atoms with Crippen LogP contribution >= 0.6 is 0 Å². The lowest BCUT2D eigenvalue weighted by Crippen LogP contribution is -2.53. The van der Waals surface area contributed by atoms with Crippen LogP contribution in [0.4, 0.5) is 4.79 Å². The highest BCUT2D eigenvalue weighted by molar-refractivity contribution is 5.93. The summed E-state index contributed by atoms with van der Waals surface area (Å²) in [4.78, 5) is 36.8. The van der Waals surface area contributed by atoms with E-state index < -0.39 is 23.5 Å². The number of rotatable bonds is 6. The predicted molar refractivity (Wildman–Crippen MR) is 117 cm³/mol. The topological polar surface area (TPSA) is 105 Å². The Bertz CT molecular complexity index is 1030. The van der Waals surface area contributed by atoms with Gasteiger partial charge in [0.1, 0.15) is 12.1 Å². The number of hydrogen-bond donors (Lipinski definition) is 3. The quantitative estimate of drug-likeness (QED) is 0.646. The summed E-state index contributed by atoms with van der Waals surface area (Å²) in [5.41, 5.74) is 3.57. The molecule has 7 nitrogen and oxygen atoms in total. The van der Waals surface area contributed by atoms with Gasteiger partial charge in [0.05, 0.1) is 5.92 Å². The number of benzene rings is 2. The summed E-state index contributed by atoms with van der Waals surface area (Å²) in [5, 5.41) is 14.9. The SMILES string of the molecule is O=C(NC1(C(=O)N[C@@H]2CCC[C@@H]2C(=O)O)CC1)OCC1c2ccccc2-c2ccccc21. The van der Waals surface area contributed by atoms with Gasteiger partial charge < -0.3 is 20.5 Å². The molecule has 2 atom stereocenters. The normalized spacial score (nSPS) is 22.5. The molecule has 0 heterocycles. The van der Waals surface area contributed by atoms with Crippen molar-refractivity contribution in [3.63, 3.8) is 0 Å². The summed E-state index contributed by atoms with van der Waals surface area (Å²) in [6, 6.07) is 15.8. The third kappa shape index (κ3) is 3.61. The van der Waals surface area contributed by atoms with Gasteiger partial charge in [-0.2, -0.15) is 0 Å². The van der Waals surface area contributed by atoms with Gasteiger partial charge >= 0.3 is 12.1 Å². The minimum atomic E-state index is -0.992. The van der Waals surface area contributed by atoms with Crippen LogP contribution in [0, 0.1) is 5.92 Å². The smallest absolute Gasteiger partial charge is 0.408 e. The number of amides is 2. The first-order valence-corrected chi connectivity index (χ1v) is 11.2. The third-order valence-electron chi connectivity index (χ3n) is 7.02.